The van der Waals surface area contributed by atoms with Gasteiger partial charge in [0.1, 0.15) is 5.82 Å². The minimum Gasteiger partial charge on any atom is -0.481 e. The number of aryl methyl sites for hydroxylation is 2. The average molecular weight is 303 g/mol. The van der Waals surface area contributed by atoms with E-state index in [1.165, 1.54) is 10.5 Å². The third-order valence-electron chi connectivity index (χ3n) is 3.00. The molecule has 114 valence electrons. The number of hydrogen-bond donors (Lipinski definition) is 1. The first-order valence-electron chi connectivity index (χ1n) is 6.40. The Hall–Kier alpha value is -1.41. The molecule has 0 unspecified atom stereocenters. The lowest BCUT2D eigenvalue weighted by Gasteiger charge is -2.24. The number of carboxylic acid groups (broad SMARTS) is 1. The first kappa shape index (κ1) is 16.6. The normalized spacial score (nSPS) is 12.3. The third kappa shape index (κ3) is 3.80. The van der Waals surface area contributed by atoms with E-state index in [2.05, 4.69) is 4.98 Å². The van der Waals surface area contributed by atoms with Crippen molar-refractivity contribution in [3.63, 3.8) is 0 Å². The van der Waals surface area contributed by atoms with E-state index in [1.54, 1.807) is 32.4 Å². The number of sulfonamides is 1. The molecular weight excluding hydrogens is 282 g/mol. The Bertz CT molecular complexity index is 558. The summed E-state index contributed by atoms with van der Waals surface area (Å²) in [7, 11) is -1.96. The van der Waals surface area contributed by atoms with Crippen molar-refractivity contribution in [2.45, 2.75) is 44.7 Å². The van der Waals surface area contributed by atoms with Gasteiger partial charge in [-0.25, -0.2) is 13.4 Å². The zero-order valence-corrected chi connectivity index (χ0v) is 13.0. The molecule has 7 nitrogen and oxygen atoms in total. The number of imidazole rings is 1. The zero-order valence-electron chi connectivity index (χ0n) is 12.2. The molecule has 1 aromatic rings. The fourth-order valence-corrected chi connectivity index (χ4v) is 3.52. The van der Waals surface area contributed by atoms with Crippen LogP contribution in [0.5, 0.6) is 0 Å². The van der Waals surface area contributed by atoms with Crippen molar-refractivity contribution in [2.24, 2.45) is 7.05 Å². The van der Waals surface area contributed by atoms with Crippen molar-refractivity contribution >= 4 is 16.0 Å². The Morgan fingerprint density at radius 1 is 1.50 bits per heavy atom. The Balaban J connectivity index is 2.97. The van der Waals surface area contributed by atoms with Crippen molar-refractivity contribution in [1.29, 1.82) is 0 Å². The maximum Gasteiger partial charge on any atom is 0.303 e. The summed E-state index contributed by atoms with van der Waals surface area (Å²) in [6.45, 7) is 5.41. The van der Waals surface area contributed by atoms with Crippen molar-refractivity contribution in [3.05, 3.63) is 12.0 Å². The van der Waals surface area contributed by atoms with E-state index in [-0.39, 0.29) is 30.5 Å². The number of hydrogen-bond acceptors (Lipinski definition) is 4. The van der Waals surface area contributed by atoms with Crippen molar-refractivity contribution in [1.82, 2.24) is 13.9 Å². The van der Waals surface area contributed by atoms with Gasteiger partial charge in [0.05, 0.1) is 0 Å². The summed E-state index contributed by atoms with van der Waals surface area (Å²) in [6.07, 6.45) is 1.69. The lowest BCUT2D eigenvalue weighted by molar-refractivity contribution is -0.137. The molecule has 20 heavy (non-hydrogen) atoms. The van der Waals surface area contributed by atoms with Crippen molar-refractivity contribution < 1.29 is 18.3 Å². The van der Waals surface area contributed by atoms with Crippen LogP contribution in [0.4, 0.5) is 0 Å². The van der Waals surface area contributed by atoms with E-state index >= 15 is 0 Å². The zero-order chi connectivity index (χ0) is 15.5. The molecule has 0 fully saturated rings. The van der Waals surface area contributed by atoms with Crippen LogP contribution in [0.25, 0.3) is 0 Å². The third-order valence-corrected chi connectivity index (χ3v) is 4.95. The second-order valence-electron chi connectivity index (χ2n) is 4.94. The highest BCUT2D eigenvalue weighted by molar-refractivity contribution is 7.89. The molecule has 1 aromatic heterocycles. The van der Waals surface area contributed by atoms with Crippen LogP contribution in [0.15, 0.2) is 11.2 Å². The summed E-state index contributed by atoms with van der Waals surface area (Å²) in [4.78, 5) is 14.6. The van der Waals surface area contributed by atoms with Gasteiger partial charge in [-0.05, 0) is 27.2 Å². The second-order valence-corrected chi connectivity index (χ2v) is 6.78. The minimum atomic E-state index is -3.69. The summed E-state index contributed by atoms with van der Waals surface area (Å²) in [5.41, 5.74) is 0. The SMILES string of the molecule is Cc1nc(S(=O)(=O)N(CCCC(=O)O)C(C)C)cn1C. The van der Waals surface area contributed by atoms with E-state index in [9.17, 15) is 13.2 Å². The summed E-state index contributed by atoms with van der Waals surface area (Å²) >= 11 is 0. The van der Waals surface area contributed by atoms with Crippen LogP contribution in [0.1, 0.15) is 32.5 Å². The maximum atomic E-state index is 12.5. The molecule has 0 aliphatic carbocycles. The molecular formula is C12H21N3O4S. The maximum absolute atomic E-state index is 12.5. The highest BCUT2D eigenvalue weighted by Gasteiger charge is 2.29. The fraction of sp³-hybridized carbons (Fsp3) is 0.667. The Morgan fingerprint density at radius 2 is 2.10 bits per heavy atom. The number of carboxylic acids is 1. The van der Waals surface area contributed by atoms with Gasteiger partial charge in [0.25, 0.3) is 10.0 Å². The molecule has 0 aromatic carbocycles. The van der Waals surface area contributed by atoms with Crippen LogP contribution in [-0.2, 0) is 21.9 Å². The van der Waals surface area contributed by atoms with Crippen LogP contribution in [0.2, 0.25) is 0 Å². The van der Waals surface area contributed by atoms with Crippen LogP contribution in [0, 0.1) is 6.92 Å². The second kappa shape index (κ2) is 6.36. The van der Waals surface area contributed by atoms with Gasteiger partial charge in [-0.15, -0.1) is 0 Å². The standard InChI is InChI=1S/C12H21N3O4S/c1-9(2)15(7-5-6-12(16)17)20(18,19)11-8-14(4)10(3)13-11/h8-9H,5-7H2,1-4H3,(H,16,17). The Kier molecular flexibility index (Phi) is 5.29. The summed E-state index contributed by atoms with van der Waals surface area (Å²) < 4.78 is 28.0. The van der Waals surface area contributed by atoms with Crippen molar-refractivity contribution in [2.75, 3.05) is 6.54 Å². The van der Waals surface area contributed by atoms with Gasteiger partial charge < -0.3 is 9.67 Å². The number of nitrogens with zero attached hydrogens (tertiary/aromatic N) is 3. The van der Waals surface area contributed by atoms with Gasteiger partial charge in [-0.1, -0.05) is 0 Å². The molecule has 0 amide bonds. The van der Waals surface area contributed by atoms with Crippen LogP contribution in [0.3, 0.4) is 0 Å². The van der Waals surface area contributed by atoms with E-state index in [0.29, 0.717) is 5.82 Å². The molecule has 0 atom stereocenters. The van der Waals surface area contributed by atoms with Crippen LogP contribution < -0.4 is 0 Å². The largest absolute Gasteiger partial charge is 0.481 e. The molecule has 0 spiro atoms. The quantitative estimate of drug-likeness (QED) is 0.811. The van der Waals surface area contributed by atoms with Gasteiger partial charge in [0.15, 0.2) is 5.03 Å². The smallest absolute Gasteiger partial charge is 0.303 e. The van der Waals surface area contributed by atoms with E-state index in [0.717, 1.165) is 0 Å². The average Bonchev–Trinajstić information content (AvgIpc) is 2.65. The molecule has 0 saturated heterocycles. The molecule has 1 heterocycles. The van der Waals surface area contributed by atoms with Crippen LogP contribution >= 0.6 is 0 Å². The van der Waals surface area contributed by atoms with Gasteiger partial charge in [0, 0.05) is 32.3 Å². The highest BCUT2D eigenvalue weighted by Crippen LogP contribution is 2.18. The highest BCUT2D eigenvalue weighted by atomic mass is 32.2. The van der Waals surface area contributed by atoms with Gasteiger partial charge >= 0.3 is 5.97 Å². The predicted molar refractivity (Wildman–Crippen MR) is 73.8 cm³/mol. The van der Waals surface area contributed by atoms with Gasteiger partial charge in [0.2, 0.25) is 0 Å². The molecule has 1 N–H and O–H groups in total. The monoisotopic (exact) mass is 303 g/mol. The van der Waals surface area contributed by atoms with Gasteiger partial charge in [-0.2, -0.15) is 4.31 Å². The van der Waals surface area contributed by atoms with E-state index in [1.807, 2.05) is 0 Å². The minimum absolute atomic E-state index is 0.00141. The first-order valence-corrected chi connectivity index (χ1v) is 7.84. The number of aliphatic carboxylic acids is 1. The molecule has 8 heteroatoms. The summed E-state index contributed by atoms with van der Waals surface area (Å²) in [5.74, 6) is -0.322. The van der Waals surface area contributed by atoms with E-state index < -0.39 is 16.0 Å². The topological polar surface area (TPSA) is 92.5 Å². The lowest BCUT2D eigenvalue weighted by Crippen LogP contribution is -2.38. The Morgan fingerprint density at radius 3 is 2.50 bits per heavy atom. The number of carbonyl (C=O) groups is 1. The molecule has 0 aliphatic heterocycles. The lowest BCUT2D eigenvalue weighted by atomic mass is 10.3. The molecule has 0 bridgehead atoms. The van der Waals surface area contributed by atoms with E-state index in [4.69, 9.17) is 5.11 Å². The molecule has 0 aliphatic rings. The molecule has 0 saturated carbocycles. The molecule has 1 rings (SSSR count). The van der Waals surface area contributed by atoms with Crippen molar-refractivity contribution in [3.8, 4) is 0 Å². The number of rotatable bonds is 7. The predicted octanol–water partition coefficient (Wildman–Crippen LogP) is 0.992. The van der Waals surface area contributed by atoms with Crippen LogP contribution in [-0.4, -0.2) is 45.9 Å². The number of aromatic nitrogens is 2. The Labute approximate surface area is 119 Å². The summed E-state index contributed by atoms with van der Waals surface area (Å²) in [6, 6.07) is -0.254. The summed E-state index contributed by atoms with van der Waals surface area (Å²) in [5, 5.41) is 8.64. The molecule has 0 radical (unpaired) electrons. The fourth-order valence-electron chi connectivity index (χ4n) is 1.81. The van der Waals surface area contributed by atoms with Gasteiger partial charge in [-0.3, -0.25) is 4.79 Å². The first-order chi connectivity index (χ1) is 9.16.